The van der Waals surface area contributed by atoms with Crippen LogP contribution in [0.4, 0.5) is 0 Å². The minimum absolute atomic E-state index is 0.0175. The van der Waals surface area contributed by atoms with E-state index < -0.39 is 0 Å². The fourth-order valence-electron chi connectivity index (χ4n) is 2.74. The molecule has 0 bridgehead atoms. The van der Waals surface area contributed by atoms with Crippen molar-refractivity contribution in [2.24, 2.45) is 11.8 Å². The molecule has 0 aromatic carbocycles. The fraction of sp³-hybridized carbons (Fsp3) is 0.867. The summed E-state index contributed by atoms with van der Waals surface area (Å²) in [7, 11) is 0. The minimum atomic E-state index is -0.0245. The van der Waals surface area contributed by atoms with E-state index in [4.69, 9.17) is 5.11 Å². The molecule has 0 aliphatic carbocycles. The van der Waals surface area contributed by atoms with Gasteiger partial charge in [0.1, 0.15) is 0 Å². The number of amides is 2. The SMILES string of the molecule is CC(=O)NCCN1CC(CCO)CC(NC(=O)C(C)C)C1. The Morgan fingerprint density at radius 1 is 1.33 bits per heavy atom. The van der Waals surface area contributed by atoms with Crippen LogP contribution in [0.15, 0.2) is 0 Å². The van der Waals surface area contributed by atoms with E-state index >= 15 is 0 Å². The van der Waals surface area contributed by atoms with E-state index in [1.807, 2.05) is 13.8 Å². The lowest BCUT2D eigenvalue weighted by molar-refractivity contribution is -0.125. The van der Waals surface area contributed by atoms with E-state index in [2.05, 4.69) is 15.5 Å². The molecular weight excluding hydrogens is 270 g/mol. The maximum absolute atomic E-state index is 11.8. The molecule has 6 heteroatoms. The highest BCUT2D eigenvalue weighted by Gasteiger charge is 2.28. The Bertz CT molecular complexity index is 347. The summed E-state index contributed by atoms with van der Waals surface area (Å²) in [5, 5.41) is 15.0. The Kier molecular flexibility index (Phi) is 7.67. The molecule has 0 saturated carbocycles. The fourth-order valence-corrected chi connectivity index (χ4v) is 2.74. The Balaban J connectivity index is 2.51. The molecule has 0 aromatic rings. The monoisotopic (exact) mass is 299 g/mol. The summed E-state index contributed by atoms with van der Waals surface area (Å²) in [5.41, 5.74) is 0. The summed E-state index contributed by atoms with van der Waals surface area (Å²) in [5.74, 6) is 0.421. The summed E-state index contributed by atoms with van der Waals surface area (Å²) < 4.78 is 0. The van der Waals surface area contributed by atoms with Crippen LogP contribution < -0.4 is 10.6 Å². The number of hydrogen-bond acceptors (Lipinski definition) is 4. The summed E-state index contributed by atoms with van der Waals surface area (Å²) in [6, 6.07) is 0.127. The van der Waals surface area contributed by atoms with Crippen LogP contribution >= 0.6 is 0 Å². The Morgan fingerprint density at radius 3 is 2.62 bits per heavy atom. The van der Waals surface area contributed by atoms with Gasteiger partial charge in [-0.2, -0.15) is 0 Å². The summed E-state index contributed by atoms with van der Waals surface area (Å²) >= 11 is 0. The second-order valence-corrected chi connectivity index (χ2v) is 6.22. The molecule has 2 unspecified atom stereocenters. The average molecular weight is 299 g/mol. The molecule has 1 fully saturated rings. The first-order valence-corrected chi connectivity index (χ1v) is 7.80. The number of carbonyl (C=O) groups excluding carboxylic acids is 2. The molecule has 6 nitrogen and oxygen atoms in total. The summed E-state index contributed by atoms with van der Waals surface area (Å²) in [6.45, 7) is 8.57. The number of likely N-dealkylation sites (tertiary alicyclic amines) is 1. The number of aliphatic hydroxyl groups excluding tert-OH is 1. The van der Waals surface area contributed by atoms with Crippen molar-refractivity contribution in [3.05, 3.63) is 0 Å². The van der Waals surface area contributed by atoms with Crippen molar-refractivity contribution < 1.29 is 14.7 Å². The molecule has 1 rings (SSSR count). The van der Waals surface area contributed by atoms with Crippen molar-refractivity contribution in [3.8, 4) is 0 Å². The summed E-state index contributed by atoms with van der Waals surface area (Å²) in [4.78, 5) is 25.0. The Hall–Kier alpha value is -1.14. The van der Waals surface area contributed by atoms with Crippen LogP contribution in [0, 0.1) is 11.8 Å². The molecular formula is C15H29N3O3. The van der Waals surface area contributed by atoms with Crippen LogP contribution in [0.1, 0.15) is 33.6 Å². The molecule has 21 heavy (non-hydrogen) atoms. The van der Waals surface area contributed by atoms with Crippen LogP contribution in [0.3, 0.4) is 0 Å². The predicted octanol–water partition coefficient (Wildman–Crippen LogP) is -0.0324. The van der Waals surface area contributed by atoms with Crippen LogP contribution in [0.5, 0.6) is 0 Å². The van der Waals surface area contributed by atoms with E-state index in [1.54, 1.807) is 0 Å². The Morgan fingerprint density at radius 2 is 2.05 bits per heavy atom. The van der Waals surface area contributed by atoms with Crippen LogP contribution in [0.25, 0.3) is 0 Å². The normalized spacial score (nSPS) is 23.1. The number of rotatable bonds is 7. The second-order valence-electron chi connectivity index (χ2n) is 6.22. The molecule has 0 radical (unpaired) electrons. The molecule has 0 aromatic heterocycles. The zero-order valence-electron chi connectivity index (χ0n) is 13.4. The molecule has 1 saturated heterocycles. The first kappa shape index (κ1) is 17.9. The van der Waals surface area contributed by atoms with Crippen molar-refractivity contribution >= 4 is 11.8 Å². The second kappa shape index (κ2) is 9.00. The predicted molar refractivity (Wildman–Crippen MR) is 81.7 cm³/mol. The molecule has 1 aliphatic heterocycles. The number of carbonyl (C=O) groups is 2. The number of aliphatic hydroxyl groups is 1. The van der Waals surface area contributed by atoms with Crippen molar-refractivity contribution in [2.45, 2.75) is 39.7 Å². The van der Waals surface area contributed by atoms with Gasteiger partial charge in [-0.25, -0.2) is 0 Å². The van der Waals surface area contributed by atoms with Gasteiger partial charge in [-0.3, -0.25) is 14.5 Å². The molecule has 1 aliphatic rings. The highest BCUT2D eigenvalue weighted by Crippen LogP contribution is 2.20. The molecule has 2 atom stereocenters. The lowest BCUT2D eigenvalue weighted by atomic mass is 9.91. The van der Waals surface area contributed by atoms with E-state index in [0.29, 0.717) is 12.5 Å². The number of hydrogen-bond donors (Lipinski definition) is 3. The van der Waals surface area contributed by atoms with Crippen molar-refractivity contribution in [2.75, 3.05) is 32.8 Å². The minimum Gasteiger partial charge on any atom is -0.396 e. The van der Waals surface area contributed by atoms with Crippen LogP contribution in [-0.4, -0.2) is 60.6 Å². The third-order valence-corrected chi connectivity index (χ3v) is 3.82. The molecule has 3 N–H and O–H groups in total. The van der Waals surface area contributed by atoms with Gasteiger partial charge in [-0.15, -0.1) is 0 Å². The van der Waals surface area contributed by atoms with Gasteiger partial charge in [0.25, 0.3) is 0 Å². The van der Waals surface area contributed by atoms with Gasteiger partial charge < -0.3 is 15.7 Å². The molecule has 1 heterocycles. The molecule has 122 valence electrons. The van der Waals surface area contributed by atoms with Crippen LogP contribution in [0.2, 0.25) is 0 Å². The zero-order valence-corrected chi connectivity index (χ0v) is 13.4. The van der Waals surface area contributed by atoms with Crippen molar-refractivity contribution in [3.63, 3.8) is 0 Å². The van der Waals surface area contributed by atoms with Crippen LogP contribution in [-0.2, 0) is 9.59 Å². The van der Waals surface area contributed by atoms with Gasteiger partial charge in [0.15, 0.2) is 0 Å². The number of nitrogens with zero attached hydrogens (tertiary/aromatic N) is 1. The maximum atomic E-state index is 11.8. The average Bonchev–Trinajstić information content (AvgIpc) is 2.38. The van der Waals surface area contributed by atoms with Gasteiger partial charge in [-0.1, -0.05) is 13.8 Å². The van der Waals surface area contributed by atoms with Gasteiger partial charge in [-0.05, 0) is 18.8 Å². The smallest absolute Gasteiger partial charge is 0.222 e. The molecule has 2 amide bonds. The number of nitrogens with one attached hydrogen (secondary N) is 2. The standard InChI is InChI=1S/C15H29N3O3/c1-11(2)15(21)17-14-8-13(4-7-19)9-18(10-14)6-5-16-12(3)20/h11,13-14,19H,4-10H2,1-3H3,(H,16,20)(H,17,21). The third-order valence-electron chi connectivity index (χ3n) is 3.82. The summed E-state index contributed by atoms with van der Waals surface area (Å²) in [6.07, 6.45) is 1.67. The highest BCUT2D eigenvalue weighted by atomic mass is 16.3. The Labute approximate surface area is 127 Å². The van der Waals surface area contributed by atoms with Gasteiger partial charge in [0.2, 0.25) is 11.8 Å². The largest absolute Gasteiger partial charge is 0.396 e. The van der Waals surface area contributed by atoms with E-state index in [1.165, 1.54) is 6.92 Å². The van der Waals surface area contributed by atoms with Gasteiger partial charge in [0, 0.05) is 51.7 Å². The quantitative estimate of drug-likeness (QED) is 0.616. The van der Waals surface area contributed by atoms with Gasteiger partial charge in [0.05, 0.1) is 0 Å². The first-order chi connectivity index (χ1) is 9.92. The van der Waals surface area contributed by atoms with Crippen molar-refractivity contribution in [1.82, 2.24) is 15.5 Å². The van der Waals surface area contributed by atoms with Gasteiger partial charge >= 0.3 is 0 Å². The molecule has 0 spiro atoms. The number of piperidine rings is 1. The maximum Gasteiger partial charge on any atom is 0.222 e. The topological polar surface area (TPSA) is 81.7 Å². The lowest BCUT2D eigenvalue weighted by Crippen LogP contribution is -2.52. The third kappa shape index (κ3) is 6.91. The highest BCUT2D eigenvalue weighted by molar-refractivity contribution is 5.78. The lowest BCUT2D eigenvalue weighted by Gasteiger charge is -2.38. The van der Waals surface area contributed by atoms with E-state index in [-0.39, 0.29) is 30.4 Å². The van der Waals surface area contributed by atoms with Crippen molar-refractivity contribution in [1.29, 1.82) is 0 Å². The van der Waals surface area contributed by atoms with E-state index in [0.717, 1.165) is 32.5 Å². The first-order valence-electron chi connectivity index (χ1n) is 7.80. The van der Waals surface area contributed by atoms with E-state index in [9.17, 15) is 9.59 Å². The zero-order chi connectivity index (χ0) is 15.8.